The second-order valence-electron chi connectivity index (χ2n) is 3.69. The molecule has 0 unspecified atom stereocenters. The molecule has 4 nitrogen and oxygen atoms in total. The van der Waals surface area contributed by atoms with Crippen LogP contribution in [0.5, 0.6) is 0 Å². The van der Waals surface area contributed by atoms with Gasteiger partial charge in [0.05, 0.1) is 11.9 Å². The number of hydrogen-bond acceptors (Lipinski definition) is 2. The van der Waals surface area contributed by atoms with Gasteiger partial charge in [-0.2, -0.15) is 5.10 Å². The van der Waals surface area contributed by atoms with Crippen molar-refractivity contribution >= 4 is 23.2 Å². The number of halogens is 1. The number of nitrogens with one attached hydrogen (secondary N) is 1. The zero-order valence-electron chi connectivity index (χ0n) is 9.35. The number of carbonyl (C=O) groups is 1. The Morgan fingerprint density at radius 2 is 2.12 bits per heavy atom. The molecular formula is C12H12ClN3O. The molecule has 0 fully saturated rings. The molecule has 0 saturated carbocycles. The predicted octanol–water partition coefficient (Wildman–Crippen LogP) is 2.41. The first kappa shape index (κ1) is 11.7. The fourth-order valence-corrected chi connectivity index (χ4v) is 1.61. The summed E-state index contributed by atoms with van der Waals surface area (Å²) in [6, 6.07) is 7.18. The van der Waals surface area contributed by atoms with E-state index in [2.05, 4.69) is 10.4 Å². The SMILES string of the molecule is Cn1cc(NC(=O)c2ccc(CCl)cc2)cn1. The van der Waals surface area contributed by atoms with Crippen molar-refractivity contribution in [1.29, 1.82) is 0 Å². The van der Waals surface area contributed by atoms with Crippen LogP contribution in [0.3, 0.4) is 0 Å². The van der Waals surface area contributed by atoms with E-state index in [-0.39, 0.29) is 5.91 Å². The number of aromatic nitrogens is 2. The quantitative estimate of drug-likeness (QED) is 0.850. The number of rotatable bonds is 3. The lowest BCUT2D eigenvalue weighted by atomic mass is 10.1. The van der Waals surface area contributed by atoms with Gasteiger partial charge in [0, 0.05) is 24.7 Å². The molecule has 1 amide bonds. The Balaban J connectivity index is 2.09. The number of anilines is 1. The van der Waals surface area contributed by atoms with Crippen molar-refractivity contribution in [3.63, 3.8) is 0 Å². The van der Waals surface area contributed by atoms with Crippen LogP contribution < -0.4 is 5.32 Å². The van der Waals surface area contributed by atoms with Gasteiger partial charge in [-0.15, -0.1) is 11.6 Å². The number of amides is 1. The summed E-state index contributed by atoms with van der Waals surface area (Å²) < 4.78 is 1.63. The Hall–Kier alpha value is -1.81. The highest BCUT2D eigenvalue weighted by atomic mass is 35.5. The van der Waals surface area contributed by atoms with Crippen LogP contribution in [0.15, 0.2) is 36.7 Å². The standard InChI is InChI=1S/C12H12ClN3O/c1-16-8-11(7-14-16)15-12(17)10-4-2-9(6-13)3-5-10/h2-5,7-8H,6H2,1H3,(H,15,17). The lowest BCUT2D eigenvalue weighted by Crippen LogP contribution is -2.11. The fraction of sp³-hybridized carbons (Fsp3) is 0.167. The van der Waals surface area contributed by atoms with E-state index in [1.165, 1.54) is 0 Å². The van der Waals surface area contributed by atoms with Crippen LogP contribution >= 0.6 is 11.6 Å². The average Bonchev–Trinajstić information content (AvgIpc) is 2.75. The van der Waals surface area contributed by atoms with Gasteiger partial charge in [0.15, 0.2) is 0 Å². The highest BCUT2D eigenvalue weighted by molar-refractivity contribution is 6.17. The molecule has 0 radical (unpaired) electrons. The number of nitrogens with zero attached hydrogens (tertiary/aromatic N) is 2. The third-order valence-electron chi connectivity index (χ3n) is 2.33. The van der Waals surface area contributed by atoms with E-state index in [4.69, 9.17) is 11.6 Å². The molecule has 0 saturated heterocycles. The second kappa shape index (κ2) is 5.01. The third-order valence-corrected chi connectivity index (χ3v) is 2.64. The molecule has 0 bridgehead atoms. The van der Waals surface area contributed by atoms with Gasteiger partial charge in [0.1, 0.15) is 0 Å². The maximum Gasteiger partial charge on any atom is 0.255 e. The van der Waals surface area contributed by atoms with Crippen molar-refractivity contribution in [3.05, 3.63) is 47.8 Å². The molecule has 0 atom stereocenters. The summed E-state index contributed by atoms with van der Waals surface area (Å²) >= 11 is 5.68. The summed E-state index contributed by atoms with van der Waals surface area (Å²) in [7, 11) is 1.80. The molecule has 1 heterocycles. The van der Waals surface area contributed by atoms with Crippen LogP contribution in [0, 0.1) is 0 Å². The monoisotopic (exact) mass is 249 g/mol. The number of aryl methyl sites for hydroxylation is 1. The third kappa shape index (κ3) is 2.85. The molecule has 2 rings (SSSR count). The Morgan fingerprint density at radius 3 is 2.65 bits per heavy atom. The van der Waals surface area contributed by atoms with Crippen LogP contribution in [0.25, 0.3) is 0 Å². The van der Waals surface area contributed by atoms with Gasteiger partial charge in [-0.05, 0) is 17.7 Å². The van der Waals surface area contributed by atoms with Crippen LogP contribution in [0.2, 0.25) is 0 Å². The van der Waals surface area contributed by atoms with Crippen LogP contribution in [0.1, 0.15) is 15.9 Å². The maximum atomic E-state index is 11.8. The van der Waals surface area contributed by atoms with Crippen molar-refractivity contribution in [1.82, 2.24) is 9.78 Å². The minimum absolute atomic E-state index is 0.154. The van der Waals surface area contributed by atoms with E-state index in [1.807, 2.05) is 12.1 Å². The Bertz CT molecular complexity index is 519. The lowest BCUT2D eigenvalue weighted by molar-refractivity contribution is 0.102. The minimum Gasteiger partial charge on any atom is -0.319 e. The summed E-state index contributed by atoms with van der Waals surface area (Å²) in [4.78, 5) is 11.8. The molecule has 5 heteroatoms. The van der Waals surface area contributed by atoms with E-state index in [9.17, 15) is 4.79 Å². The largest absolute Gasteiger partial charge is 0.319 e. The number of benzene rings is 1. The van der Waals surface area contributed by atoms with Gasteiger partial charge in [-0.25, -0.2) is 0 Å². The zero-order valence-corrected chi connectivity index (χ0v) is 10.1. The molecule has 17 heavy (non-hydrogen) atoms. The molecule has 0 spiro atoms. The Kier molecular flexibility index (Phi) is 3.44. The highest BCUT2D eigenvalue weighted by Crippen LogP contribution is 2.10. The van der Waals surface area contributed by atoms with Gasteiger partial charge in [0.2, 0.25) is 0 Å². The predicted molar refractivity (Wildman–Crippen MR) is 67.2 cm³/mol. The average molecular weight is 250 g/mol. The van der Waals surface area contributed by atoms with Gasteiger partial charge in [-0.1, -0.05) is 12.1 Å². The zero-order chi connectivity index (χ0) is 12.3. The van der Waals surface area contributed by atoms with E-state index in [1.54, 1.807) is 36.3 Å². The van der Waals surface area contributed by atoms with Crippen molar-refractivity contribution in [2.24, 2.45) is 7.05 Å². The first-order chi connectivity index (χ1) is 8.19. The highest BCUT2D eigenvalue weighted by Gasteiger charge is 2.06. The van der Waals surface area contributed by atoms with Gasteiger partial charge >= 0.3 is 0 Å². The van der Waals surface area contributed by atoms with Gasteiger partial charge in [0.25, 0.3) is 5.91 Å². The molecule has 0 aliphatic rings. The molecule has 2 aromatic rings. The van der Waals surface area contributed by atoms with E-state index in [0.29, 0.717) is 17.1 Å². The van der Waals surface area contributed by atoms with E-state index >= 15 is 0 Å². The van der Waals surface area contributed by atoms with Crippen LogP contribution in [-0.4, -0.2) is 15.7 Å². The number of alkyl halides is 1. The molecule has 0 aliphatic heterocycles. The summed E-state index contributed by atoms with van der Waals surface area (Å²) in [5.74, 6) is 0.295. The lowest BCUT2D eigenvalue weighted by Gasteiger charge is -2.02. The Morgan fingerprint density at radius 1 is 1.41 bits per heavy atom. The maximum absolute atomic E-state index is 11.8. The van der Waals surface area contributed by atoms with Gasteiger partial charge in [-0.3, -0.25) is 9.48 Å². The Labute approximate surface area is 104 Å². The summed E-state index contributed by atoms with van der Waals surface area (Å²) in [5, 5.41) is 6.74. The molecule has 88 valence electrons. The van der Waals surface area contributed by atoms with Crippen molar-refractivity contribution in [3.8, 4) is 0 Å². The normalized spacial score (nSPS) is 10.2. The molecule has 1 aromatic carbocycles. The summed E-state index contributed by atoms with van der Waals surface area (Å²) in [5.41, 5.74) is 2.27. The summed E-state index contributed by atoms with van der Waals surface area (Å²) in [6.45, 7) is 0. The van der Waals surface area contributed by atoms with E-state index < -0.39 is 0 Å². The van der Waals surface area contributed by atoms with Crippen molar-refractivity contribution < 1.29 is 4.79 Å². The van der Waals surface area contributed by atoms with E-state index in [0.717, 1.165) is 5.56 Å². The van der Waals surface area contributed by atoms with Crippen LogP contribution in [0.4, 0.5) is 5.69 Å². The molecule has 0 aliphatic carbocycles. The first-order valence-electron chi connectivity index (χ1n) is 5.14. The van der Waals surface area contributed by atoms with Gasteiger partial charge < -0.3 is 5.32 Å². The topological polar surface area (TPSA) is 46.9 Å². The fourth-order valence-electron chi connectivity index (χ4n) is 1.43. The first-order valence-corrected chi connectivity index (χ1v) is 5.67. The molecular weight excluding hydrogens is 238 g/mol. The van der Waals surface area contributed by atoms with Crippen LogP contribution in [-0.2, 0) is 12.9 Å². The number of hydrogen-bond donors (Lipinski definition) is 1. The molecule has 1 N–H and O–H groups in total. The smallest absolute Gasteiger partial charge is 0.255 e. The second-order valence-corrected chi connectivity index (χ2v) is 3.95. The minimum atomic E-state index is -0.154. The number of carbonyl (C=O) groups excluding carboxylic acids is 1. The molecule has 1 aromatic heterocycles. The van der Waals surface area contributed by atoms with Crippen molar-refractivity contribution in [2.75, 3.05) is 5.32 Å². The van der Waals surface area contributed by atoms with Crippen molar-refractivity contribution in [2.45, 2.75) is 5.88 Å². The summed E-state index contributed by atoms with van der Waals surface area (Å²) in [6.07, 6.45) is 3.34.